The maximum absolute atomic E-state index is 11.8. The Morgan fingerprint density at radius 2 is 1.78 bits per heavy atom. The summed E-state index contributed by atoms with van der Waals surface area (Å²) in [4.78, 5) is 39.2. The first-order valence-corrected chi connectivity index (χ1v) is 5.64. The van der Waals surface area contributed by atoms with Crippen molar-refractivity contribution in [1.29, 1.82) is 0 Å². The van der Waals surface area contributed by atoms with Crippen LogP contribution in [0.15, 0.2) is 24.3 Å². The number of hydrogen-bond acceptors (Lipinski definition) is 5. The van der Waals surface area contributed by atoms with Crippen molar-refractivity contribution >= 4 is 27.3 Å². The summed E-state index contributed by atoms with van der Waals surface area (Å²) >= 11 is 0. The van der Waals surface area contributed by atoms with Crippen molar-refractivity contribution < 1.29 is 23.7 Å². The van der Waals surface area contributed by atoms with Crippen molar-refractivity contribution in [2.45, 2.75) is 12.8 Å². The summed E-state index contributed by atoms with van der Waals surface area (Å²) in [6, 6.07) is 6.35. The molecule has 1 fully saturated rings. The van der Waals surface area contributed by atoms with E-state index in [1.807, 2.05) is 9.47 Å². The molecule has 0 bridgehead atoms. The van der Waals surface area contributed by atoms with Gasteiger partial charge in [-0.1, -0.05) is 12.1 Å². The van der Waals surface area contributed by atoms with Crippen LogP contribution in [-0.4, -0.2) is 22.8 Å². The first kappa shape index (κ1) is 12.5. The van der Waals surface area contributed by atoms with E-state index in [9.17, 15) is 14.4 Å². The molecule has 1 unspecified atom stereocenters. The van der Waals surface area contributed by atoms with Gasteiger partial charge in [-0.15, -0.1) is 5.06 Å². The van der Waals surface area contributed by atoms with Crippen molar-refractivity contribution in [2.24, 2.45) is 0 Å². The zero-order valence-electron chi connectivity index (χ0n) is 9.29. The third-order valence-corrected chi connectivity index (χ3v) is 2.67. The predicted molar refractivity (Wildman–Crippen MR) is 63.3 cm³/mol. The van der Waals surface area contributed by atoms with Crippen LogP contribution in [0.25, 0.3) is 0 Å². The van der Waals surface area contributed by atoms with Gasteiger partial charge in [0.15, 0.2) is 0 Å². The molecule has 6 nitrogen and oxygen atoms in total. The van der Waals surface area contributed by atoms with E-state index in [1.54, 1.807) is 18.2 Å². The van der Waals surface area contributed by atoms with E-state index in [2.05, 4.69) is 0 Å². The minimum absolute atomic E-state index is 0.0634. The molecule has 7 heteroatoms. The second kappa shape index (κ2) is 5.14. The highest BCUT2D eigenvalue weighted by atomic mass is 31.0. The number of carbonyl (C=O) groups is 3. The van der Waals surface area contributed by atoms with Crippen LogP contribution in [0.2, 0.25) is 0 Å². The lowest BCUT2D eigenvalue weighted by Crippen LogP contribution is -2.32. The van der Waals surface area contributed by atoms with Gasteiger partial charge in [0, 0.05) is 12.8 Å². The summed E-state index contributed by atoms with van der Waals surface area (Å²) < 4.78 is 4.91. The minimum Gasteiger partial charge on any atom is -0.479 e. The number of nitrogens with zero attached hydrogens (tertiary/aromatic N) is 1. The predicted octanol–water partition coefficient (Wildman–Crippen LogP) is 1.08. The molecular formula is C11H10NO5P. The third-order valence-electron chi connectivity index (χ3n) is 2.41. The highest BCUT2D eigenvalue weighted by Crippen LogP contribution is 2.22. The molecule has 0 N–H and O–H groups in total. The largest absolute Gasteiger partial charge is 0.479 e. The Morgan fingerprint density at radius 1 is 1.17 bits per heavy atom. The molecule has 18 heavy (non-hydrogen) atoms. The Labute approximate surface area is 105 Å². The van der Waals surface area contributed by atoms with E-state index in [1.165, 1.54) is 6.07 Å². The Morgan fingerprint density at radius 3 is 2.39 bits per heavy atom. The fourth-order valence-electron chi connectivity index (χ4n) is 1.53. The van der Waals surface area contributed by atoms with Gasteiger partial charge in [-0.25, -0.2) is 4.79 Å². The quantitative estimate of drug-likeness (QED) is 0.605. The lowest BCUT2D eigenvalue weighted by Gasteiger charge is -2.13. The molecule has 0 radical (unpaired) electrons. The van der Waals surface area contributed by atoms with Gasteiger partial charge in [0.05, 0.1) is 9.47 Å². The van der Waals surface area contributed by atoms with E-state index in [0.29, 0.717) is 5.06 Å². The Bertz CT molecular complexity index is 500. The summed E-state index contributed by atoms with van der Waals surface area (Å²) in [7, 11) is 2.01. The summed E-state index contributed by atoms with van der Waals surface area (Å²) in [6.45, 7) is 0. The first-order chi connectivity index (χ1) is 8.63. The Hall–Kier alpha value is -1.94. The van der Waals surface area contributed by atoms with Gasteiger partial charge >= 0.3 is 5.97 Å². The third kappa shape index (κ3) is 2.33. The van der Waals surface area contributed by atoms with Gasteiger partial charge in [0.2, 0.25) is 0 Å². The summed E-state index contributed by atoms with van der Waals surface area (Å²) in [5.41, 5.74) is 0.139. The number of rotatable bonds is 3. The van der Waals surface area contributed by atoms with Gasteiger partial charge in [-0.05, 0) is 12.1 Å². The molecule has 1 heterocycles. The molecule has 1 atom stereocenters. The number of hydroxylamine groups is 2. The second-order valence-electron chi connectivity index (χ2n) is 3.57. The molecule has 0 aliphatic carbocycles. The molecule has 2 amide bonds. The summed E-state index contributed by atoms with van der Waals surface area (Å²) in [5, 5.41) is 0.502. The number of benzene rings is 1. The molecule has 1 aliphatic rings. The van der Waals surface area contributed by atoms with Gasteiger partial charge < -0.3 is 9.36 Å². The maximum atomic E-state index is 11.8. The molecule has 0 aromatic heterocycles. The summed E-state index contributed by atoms with van der Waals surface area (Å²) in [5.74, 6) is -1.56. The molecule has 94 valence electrons. The van der Waals surface area contributed by atoms with Crippen LogP contribution in [-0.2, 0) is 14.4 Å². The lowest BCUT2D eigenvalue weighted by molar-refractivity contribution is -0.172. The first-order valence-electron chi connectivity index (χ1n) is 5.17. The molecule has 0 saturated carbocycles. The average molecular weight is 267 g/mol. The standard InChI is InChI=1S/C11H10NO5P/c13-9-5-6-10(14)12(9)16-11(15)7-3-1-2-4-8(7)17-18/h1-4H,5-6,18H2. The van der Waals surface area contributed by atoms with E-state index in [4.69, 9.17) is 9.36 Å². The highest BCUT2D eigenvalue weighted by molar-refractivity contribution is 7.10. The van der Waals surface area contributed by atoms with E-state index in [0.717, 1.165) is 0 Å². The van der Waals surface area contributed by atoms with Gasteiger partial charge in [-0.2, -0.15) is 0 Å². The molecule has 2 rings (SSSR count). The Balaban J connectivity index is 2.17. The fourth-order valence-corrected chi connectivity index (χ4v) is 1.73. The van der Waals surface area contributed by atoms with Crippen molar-refractivity contribution in [3.8, 4) is 5.75 Å². The number of imide groups is 1. The summed E-state index contributed by atoms with van der Waals surface area (Å²) in [6.07, 6.45) is 0.127. The minimum atomic E-state index is -0.809. The molecule has 1 aliphatic heterocycles. The van der Waals surface area contributed by atoms with Crippen molar-refractivity contribution in [1.82, 2.24) is 5.06 Å². The van der Waals surface area contributed by atoms with Crippen molar-refractivity contribution in [3.63, 3.8) is 0 Å². The van der Waals surface area contributed by atoms with E-state index >= 15 is 0 Å². The molecular weight excluding hydrogens is 257 g/mol. The second-order valence-corrected chi connectivity index (χ2v) is 3.81. The van der Waals surface area contributed by atoms with Gasteiger partial charge in [-0.3, -0.25) is 9.59 Å². The van der Waals surface area contributed by atoms with Crippen molar-refractivity contribution in [2.75, 3.05) is 0 Å². The molecule has 1 aromatic carbocycles. The highest BCUT2D eigenvalue weighted by Gasteiger charge is 2.33. The molecule has 1 aromatic rings. The zero-order chi connectivity index (χ0) is 13.1. The van der Waals surface area contributed by atoms with Crippen LogP contribution >= 0.6 is 9.47 Å². The van der Waals surface area contributed by atoms with Crippen LogP contribution < -0.4 is 4.52 Å². The maximum Gasteiger partial charge on any atom is 0.367 e. The van der Waals surface area contributed by atoms with Crippen LogP contribution in [0, 0.1) is 0 Å². The van der Waals surface area contributed by atoms with E-state index in [-0.39, 0.29) is 24.2 Å². The number of carbonyl (C=O) groups excluding carboxylic acids is 3. The van der Waals surface area contributed by atoms with Gasteiger partial charge in [0.25, 0.3) is 11.8 Å². The van der Waals surface area contributed by atoms with Crippen LogP contribution in [0.5, 0.6) is 5.75 Å². The molecule has 0 spiro atoms. The van der Waals surface area contributed by atoms with Crippen molar-refractivity contribution in [3.05, 3.63) is 29.8 Å². The number of hydrogen-bond donors (Lipinski definition) is 0. The smallest absolute Gasteiger partial charge is 0.367 e. The van der Waals surface area contributed by atoms with Gasteiger partial charge in [0.1, 0.15) is 11.3 Å². The van der Waals surface area contributed by atoms with Crippen LogP contribution in [0.1, 0.15) is 23.2 Å². The number of para-hydroxylation sites is 1. The fraction of sp³-hybridized carbons (Fsp3) is 0.182. The number of amides is 2. The van der Waals surface area contributed by atoms with E-state index < -0.39 is 17.8 Å². The Kier molecular flexibility index (Phi) is 3.58. The zero-order valence-corrected chi connectivity index (χ0v) is 10.4. The SMILES string of the molecule is O=C(ON1C(=O)CCC1=O)c1ccccc1OP. The normalized spacial score (nSPS) is 14.8. The van der Waals surface area contributed by atoms with Crippen LogP contribution in [0.4, 0.5) is 0 Å². The lowest BCUT2D eigenvalue weighted by atomic mass is 10.2. The van der Waals surface area contributed by atoms with Crippen LogP contribution in [0.3, 0.4) is 0 Å². The topological polar surface area (TPSA) is 72.9 Å². The molecule has 1 saturated heterocycles. The monoisotopic (exact) mass is 267 g/mol. The average Bonchev–Trinajstić information content (AvgIpc) is 2.70.